The molecule has 13 heavy (non-hydrogen) atoms. The van der Waals surface area contributed by atoms with Gasteiger partial charge >= 0.3 is 0 Å². The molecule has 2 aliphatic carbocycles. The Morgan fingerprint density at radius 2 is 1.23 bits per heavy atom. The summed E-state index contributed by atoms with van der Waals surface area (Å²) in [5, 5.41) is 0. The molecule has 6 aliphatic rings. The molecule has 72 valence electrons. The molecule has 0 aromatic rings. The van der Waals surface area contributed by atoms with Gasteiger partial charge in [-0.05, 0) is 0 Å². The Kier molecular flexibility index (Phi) is 1.26. The van der Waals surface area contributed by atoms with Gasteiger partial charge < -0.3 is 14.2 Å². The SMILES string of the molecule is C1C2CC(OC3CC4CC3O4)C1O2. The van der Waals surface area contributed by atoms with E-state index in [1.165, 1.54) is 12.8 Å². The summed E-state index contributed by atoms with van der Waals surface area (Å²) in [5.41, 5.74) is 0. The van der Waals surface area contributed by atoms with Crippen molar-refractivity contribution in [3.05, 3.63) is 0 Å². The molecular formula is C10H14O3. The van der Waals surface area contributed by atoms with Crippen molar-refractivity contribution >= 4 is 0 Å². The van der Waals surface area contributed by atoms with Crippen LogP contribution in [0.1, 0.15) is 25.7 Å². The van der Waals surface area contributed by atoms with E-state index < -0.39 is 0 Å². The maximum atomic E-state index is 6.03. The van der Waals surface area contributed by atoms with Gasteiger partial charge in [0.25, 0.3) is 0 Å². The standard InChI is InChI=1S/C10H14O3/c1-5-3-9(7(1)11-5)13-10-4-6-2-8(10)12-6/h5-10H,1-4H2. The fourth-order valence-corrected chi connectivity index (χ4v) is 3.11. The molecular weight excluding hydrogens is 168 g/mol. The third-order valence-corrected chi connectivity index (χ3v) is 3.89. The topological polar surface area (TPSA) is 27.7 Å². The van der Waals surface area contributed by atoms with Crippen LogP contribution in [0.15, 0.2) is 0 Å². The molecule has 0 aromatic heterocycles. The highest BCUT2D eigenvalue weighted by Gasteiger charge is 2.52. The highest BCUT2D eigenvalue weighted by atomic mass is 16.6. The lowest BCUT2D eigenvalue weighted by Gasteiger charge is -2.29. The zero-order chi connectivity index (χ0) is 8.41. The third kappa shape index (κ3) is 0.901. The summed E-state index contributed by atoms with van der Waals surface area (Å²) in [4.78, 5) is 0. The first-order valence-electron chi connectivity index (χ1n) is 5.35. The van der Waals surface area contributed by atoms with Crippen LogP contribution in [0.5, 0.6) is 0 Å². The van der Waals surface area contributed by atoms with E-state index in [2.05, 4.69) is 0 Å². The molecule has 0 N–H and O–H groups in total. The van der Waals surface area contributed by atoms with Crippen molar-refractivity contribution in [2.24, 2.45) is 0 Å². The summed E-state index contributed by atoms with van der Waals surface area (Å²) in [7, 11) is 0. The van der Waals surface area contributed by atoms with E-state index in [4.69, 9.17) is 14.2 Å². The minimum atomic E-state index is 0.387. The quantitative estimate of drug-likeness (QED) is 0.634. The lowest BCUT2D eigenvalue weighted by atomic mass is 10.2. The predicted molar refractivity (Wildman–Crippen MR) is 44.5 cm³/mol. The molecule has 2 saturated carbocycles. The van der Waals surface area contributed by atoms with E-state index in [0.717, 1.165) is 12.8 Å². The number of fused-ring (bicyclic) bond motifs is 2. The van der Waals surface area contributed by atoms with Crippen LogP contribution in [0, 0.1) is 0 Å². The summed E-state index contributed by atoms with van der Waals surface area (Å²) >= 11 is 0. The van der Waals surface area contributed by atoms with Gasteiger partial charge in [-0.2, -0.15) is 0 Å². The second-order valence-electron chi connectivity index (χ2n) is 4.75. The zero-order valence-corrected chi connectivity index (χ0v) is 7.52. The van der Waals surface area contributed by atoms with Gasteiger partial charge in [0.2, 0.25) is 0 Å². The van der Waals surface area contributed by atoms with E-state index in [9.17, 15) is 0 Å². The maximum Gasteiger partial charge on any atom is 0.0867 e. The first-order chi connectivity index (χ1) is 6.38. The maximum absolute atomic E-state index is 6.03. The zero-order valence-electron chi connectivity index (χ0n) is 7.52. The van der Waals surface area contributed by atoms with Crippen LogP contribution < -0.4 is 0 Å². The molecule has 4 aliphatic heterocycles. The number of ether oxygens (including phenoxy) is 3. The van der Waals surface area contributed by atoms with Crippen LogP contribution in [-0.4, -0.2) is 36.6 Å². The van der Waals surface area contributed by atoms with Crippen LogP contribution in [0.25, 0.3) is 0 Å². The summed E-state index contributed by atoms with van der Waals surface area (Å²) in [6.45, 7) is 0. The molecule has 4 bridgehead atoms. The van der Waals surface area contributed by atoms with Crippen molar-refractivity contribution in [1.29, 1.82) is 0 Å². The minimum Gasteiger partial charge on any atom is -0.372 e. The Balaban J connectivity index is 1.42. The molecule has 6 fully saturated rings. The normalized spacial score (nSPS) is 61.8. The fraction of sp³-hybridized carbons (Fsp3) is 1.00. The van der Waals surface area contributed by atoms with Gasteiger partial charge in [-0.1, -0.05) is 0 Å². The van der Waals surface area contributed by atoms with Crippen molar-refractivity contribution in [3.63, 3.8) is 0 Å². The molecule has 3 nitrogen and oxygen atoms in total. The summed E-state index contributed by atoms with van der Waals surface area (Å²) in [6.07, 6.45) is 7.36. The first-order valence-corrected chi connectivity index (χ1v) is 5.35. The summed E-state index contributed by atoms with van der Waals surface area (Å²) in [5.74, 6) is 0. The highest BCUT2D eigenvalue weighted by molar-refractivity contribution is 5.00. The van der Waals surface area contributed by atoms with Gasteiger partial charge in [-0.15, -0.1) is 0 Å². The molecule has 4 saturated heterocycles. The van der Waals surface area contributed by atoms with Gasteiger partial charge in [0, 0.05) is 25.7 Å². The number of hydrogen-bond donors (Lipinski definition) is 0. The second-order valence-corrected chi connectivity index (χ2v) is 4.75. The van der Waals surface area contributed by atoms with Crippen LogP contribution >= 0.6 is 0 Å². The van der Waals surface area contributed by atoms with E-state index in [0.29, 0.717) is 36.6 Å². The Labute approximate surface area is 77.3 Å². The number of rotatable bonds is 2. The molecule has 3 heteroatoms. The van der Waals surface area contributed by atoms with Crippen molar-refractivity contribution in [1.82, 2.24) is 0 Å². The third-order valence-electron chi connectivity index (χ3n) is 3.89. The monoisotopic (exact) mass is 182 g/mol. The smallest absolute Gasteiger partial charge is 0.0867 e. The van der Waals surface area contributed by atoms with E-state index >= 15 is 0 Å². The van der Waals surface area contributed by atoms with Gasteiger partial charge in [0.15, 0.2) is 0 Å². The Morgan fingerprint density at radius 3 is 1.54 bits per heavy atom. The molecule has 0 aromatic carbocycles. The van der Waals surface area contributed by atoms with E-state index in [-0.39, 0.29) is 0 Å². The minimum absolute atomic E-state index is 0.387. The number of hydrogen-bond acceptors (Lipinski definition) is 3. The molecule has 0 radical (unpaired) electrons. The van der Waals surface area contributed by atoms with Gasteiger partial charge in [-0.25, -0.2) is 0 Å². The Hall–Kier alpha value is -0.120. The van der Waals surface area contributed by atoms with Crippen molar-refractivity contribution in [2.45, 2.75) is 62.3 Å². The first kappa shape index (κ1) is 7.21. The molecule has 6 rings (SSSR count). The predicted octanol–water partition coefficient (Wildman–Crippen LogP) is 0.863. The van der Waals surface area contributed by atoms with E-state index in [1.807, 2.05) is 0 Å². The molecule has 0 amide bonds. The van der Waals surface area contributed by atoms with Crippen molar-refractivity contribution in [2.75, 3.05) is 0 Å². The van der Waals surface area contributed by atoms with Crippen molar-refractivity contribution in [3.8, 4) is 0 Å². The van der Waals surface area contributed by atoms with E-state index in [1.54, 1.807) is 0 Å². The summed E-state index contributed by atoms with van der Waals surface area (Å²) in [6, 6.07) is 0. The molecule has 6 unspecified atom stereocenters. The molecule has 4 heterocycles. The largest absolute Gasteiger partial charge is 0.372 e. The van der Waals surface area contributed by atoms with Crippen LogP contribution in [-0.2, 0) is 14.2 Å². The molecule has 6 atom stereocenters. The van der Waals surface area contributed by atoms with Crippen molar-refractivity contribution < 1.29 is 14.2 Å². The van der Waals surface area contributed by atoms with Crippen LogP contribution in [0.4, 0.5) is 0 Å². The highest BCUT2D eigenvalue weighted by Crippen LogP contribution is 2.44. The summed E-state index contributed by atoms with van der Waals surface area (Å²) < 4.78 is 17.1. The van der Waals surface area contributed by atoms with Gasteiger partial charge in [0.05, 0.1) is 36.6 Å². The van der Waals surface area contributed by atoms with Gasteiger partial charge in [0.1, 0.15) is 0 Å². The Bertz CT molecular complexity index is 206. The fourth-order valence-electron chi connectivity index (χ4n) is 3.11. The molecule has 0 spiro atoms. The van der Waals surface area contributed by atoms with Crippen LogP contribution in [0.3, 0.4) is 0 Å². The van der Waals surface area contributed by atoms with Crippen LogP contribution in [0.2, 0.25) is 0 Å². The second kappa shape index (κ2) is 2.27. The average molecular weight is 182 g/mol. The lowest BCUT2D eigenvalue weighted by Crippen LogP contribution is -2.36. The van der Waals surface area contributed by atoms with Gasteiger partial charge in [-0.3, -0.25) is 0 Å². The Morgan fingerprint density at radius 1 is 0.769 bits per heavy atom. The lowest BCUT2D eigenvalue weighted by molar-refractivity contribution is -0.137. The average Bonchev–Trinajstić information content (AvgIpc) is 2.57.